The third-order valence-electron chi connectivity index (χ3n) is 2.52. The number of carbonyl (C=O) groups is 1. The van der Waals surface area contributed by atoms with Crippen molar-refractivity contribution < 1.29 is 9.90 Å². The fraction of sp³-hybridized carbons (Fsp3) is 0.0833. The predicted molar refractivity (Wildman–Crippen MR) is 68.0 cm³/mol. The van der Waals surface area contributed by atoms with Crippen LogP contribution in [0.5, 0.6) is 0 Å². The second kappa shape index (κ2) is 4.23. The molecule has 0 atom stereocenters. The molecule has 0 fully saturated rings. The van der Waals surface area contributed by atoms with Crippen LogP contribution in [0.2, 0.25) is 0 Å². The van der Waals surface area contributed by atoms with Gasteiger partial charge in [-0.05, 0) is 12.1 Å². The van der Waals surface area contributed by atoms with Gasteiger partial charge in [-0.15, -0.1) is 11.3 Å². The highest BCUT2D eigenvalue weighted by Gasteiger charge is 2.10. The lowest BCUT2D eigenvalue weighted by molar-refractivity contribution is 0.0702. The Morgan fingerprint density at radius 1 is 1.39 bits per heavy atom. The number of carboxylic acid groups (broad SMARTS) is 1. The molecule has 0 saturated carbocycles. The minimum absolute atomic E-state index is 0.251. The van der Waals surface area contributed by atoms with E-state index in [1.807, 2.05) is 24.3 Å². The van der Waals surface area contributed by atoms with E-state index in [0.29, 0.717) is 6.42 Å². The topological polar surface area (TPSA) is 78.9 Å². The van der Waals surface area contributed by atoms with Crippen molar-refractivity contribution in [2.45, 2.75) is 6.42 Å². The Morgan fingerprint density at radius 3 is 2.94 bits per heavy atom. The number of imidazole rings is 1. The average Bonchev–Trinajstić information content (AvgIpc) is 2.94. The Kier molecular flexibility index (Phi) is 2.56. The van der Waals surface area contributed by atoms with Crippen LogP contribution in [-0.2, 0) is 6.42 Å². The Balaban J connectivity index is 1.88. The van der Waals surface area contributed by atoms with Gasteiger partial charge in [-0.25, -0.2) is 14.8 Å². The van der Waals surface area contributed by atoms with Crippen LogP contribution in [0.1, 0.15) is 20.5 Å². The van der Waals surface area contributed by atoms with E-state index >= 15 is 0 Å². The number of carboxylic acids is 1. The zero-order valence-corrected chi connectivity index (χ0v) is 10.1. The van der Waals surface area contributed by atoms with Gasteiger partial charge < -0.3 is 10.1 Å². The molecule has 5 nitrogen and oxygen atoms in total. The van der Waals surface area contributed by atoms with Crippen molar-refractivity contribution in [3.8, 4) is 0 Å². The molecule has 0 bridgehead atoms. The van der Waals surface area contributed by atoms with E-state index in [2.05, 4.69) is 15.0 Å². The smallest absolute Gasteiger partial charge is 0.347 e. The number of nitrogens with one attached hydrogen (secondary N) is 1. The molecule has 3 aromatic rings. The van der Waals surface area contributed by atoms with E-state index < -0.39 is 5.97 Å². The van der Waals surface area contributed by atoms with Gasteiger partial charge in [-0.1, -0.05) is 12.1 Å². The maximum absolute atomic E-state index is 10.8. The molecule has 1 aromatic carbocycles. The van der Waals surface area contributed by atoms with E-state index in [4.69, 9.17) is 5.11 Å². The van der Waals surface area contributed by atoms with E-state index in [1.165, 1.54) is 17.5 Å². The molecular formula is C12H9N3O2S. The summed E-state index contributed by atoms with van der Waals surface area (Å²) in [6, 6.07) is 7.76. The maximum Gasteiger partial charge on any atom is 0.347 e. The van der Waals surface area contributed by atoms with Gasteiger partial charge in [0.15, 0.2) is 0 Å². The van der Waals surface area contributed by atoms with Crippen LogP contribution >= 0.6 is 11.3 Å². The van der Waals surface area contributed by atoms with Crippen molar-refractivity contribution in [2.24, 2.45) is 0 Å². The summed E-state index contributed by atoms with van der Waals surface area (Å²) in [7, 11) is 0. The summed E-state index contributed by atoms with van der Waals surface area (Å²) < 4.78 is 0. The number of thiazole rings is 1. The van der Waals surface area contributed by atoms with Crippen molar-refractivity contribution in [2.75, 3.05) is 0 Å². The van der Waals surface area contributed by atoms with Gasteiger partial charge in [0.2, 0.25) is 0 Å². The number of aromatic nitrogens is 3. The maximum atomic E-state index is 10.8. The first-order valence-corrected chi connectivity index (χ1v) is 6.15. The van der Waals surface area contributed by atoms with Crippen LogP contribution in [0.4, 0.5) is 0 Å². The molecule has 90 valence electrons. The lowest BCUT2D eigenvalue weighted by atomic mass is 10.3. The van der Waals surface area contributed by atoms with Gasteiger partial charge in [0.25, 0.3) is 0 Å². The van der Waals surface area contributed by atoms with Crippen molar-refractivity contribution in [3.05, 3.63) is 46.2 Å². The fourth-order valence-corrected chi connectivity index (χ4v) is 2.48. The summed E-state index contributed by atoms with van der Waals surface area (Å²) >= 11 is 1.18. The van der Waals surface area contributed by atoms with Gasteiger partial charge in [0.05, 0.1) is 23.7 Å². The number of hydrogen-bond donors (Lipinski definition) is 2. The third kappa shape index (κ3) is 1.98. The molecule has 0 unspecified atom stereocenters. The van der Waals surface area contributed by atoms with Crippen LogP contribution in [0.3, 0.4) is 0 Å². The molecule has 3 rings (SSSR count). The Hall–Kier alpha value is -2.21. The Labute approximate surface area is 106 Å². The number of fused-ring (bicyclic) bond motifs is 1. The highest BCUT2D eigenvalue weighted by atomic mass is 32.1. The standard InChI is InChI=1S/C12H9N3O2S/c16-12(17)9-6-13-11(18-9)5-10-14-7-3-1-2-4-8(7)15-10/h1-4,6H,5H2,(H,14,15)(H,16,17). The zero-order chi connectivity index (χ0) is 12.5. The first-order valence-electron chi connectivity index (χ1n) is 5.34. The molecule has 0 spiro atoms. The van der Waals surface area contributed by atoms with E-state index in [0.717, 1.165) is 21.9 Å². The lowest BCUT2D eigenvalue weighted by Gasteiger charge is -1.89. The molecule has 0 radical (unpaired) electrons. The summed E-state index contributed by atoms with van der Waals surface area (Å²) in [5.74, 6) is -0.147. The van der Waals surface area contributed by atoms with E-state index in [1.54, 1.807) is 0 Å². The monoisotopic (exact) mass is 259 g/mol. The highest BCUT2D eigenvalue weighted by Crippen LogP contribution is 2.17. The Bertz CT molecular complexity index is 684. The van der Waals surface area contributed by atoms with Crippen molar-refractivity contribution in [1.29, 1.82) is 0 Å². The van der Waals surface area contributed by atoms with Crippen molar-refractivity contribution in [3.63, 3.8) is 0 Å². The average molecular weight is 259 g/mol. The third-order valence-corrected chi connectivity index (χ3v) is 3.51. The summed E-state index contributed by atoms with van der Waals surface area (Å²) in [6.45, 7) is 0. The number of H-pyrrole nitrogens is 1. The van der Waals surface area contributed by atoms with Gasteiger partial charge in [0.1, 0.15) is 15.7 Å². The number of hydrogen-bond acceptors (Lipinski definition) is 4. The van der Waals surface area contributed by atoms with Gasteiger partial charge in [-0.3, -0.25) is 0 Å². The van der Waals surface area contributed by atoms with Crippen LogP contribution in [-0.4, -0.2) is 26.0 Å². The predicted octanol–water partition coefficient (Wildman–Crippen LogP) is 2.31. The fourth-order valence-electron chi connectivity index (χ4n) is 1.72. The first-order chi connectivity index (χ1) is 8.72. The number of benzene rings is 1. The summed E-state index contributed by atoms with van der Waals surface area (Å²) in [6.07, 6.45) is 1.90. The van der Waals surface area contributed by atoms with E-state index in [-0.39, 0.29) is 4.88 Å². The van der Waals surface area contributed by atoms with Gasteiger partial charge >= 0.3 is 5.97 Å². The molecule has 2 heterocycles. The quantitative estimate of drug-likeness (QED) is 0.756. The van der Waals surface area contributed by atoms with Gasteiger partial charge in [-0.2, -0.15) is 0 Å². The van der Waals surface area contributed by atoms with Crippen LogP contribution < -0.4 is 0 Å². The normalized spacial score (nSPS) is 10.9. The second-order valence-electron chi connectivity index (χ2n) is 3.80. The largest absolute Gasteiger partial charge is 0.477 e. The lowest BCUT2D eigenvalue weighted by Crippen LogP contribution is -1.90. The highest BCUT2D eigenvalue weighted by molar-refractivity contribution is 7.13. The van der Waals surface area contributed by atoms with Crippen LogP contribution in [0.25, 0.3) is 11.0 Å². The zero-order valence-electron chi connectivity index (χ0n) is 9.25. The summed E-state index contributed by atoms with van der Waals surface area (Å²) in [5, 5.41) is 9.57. The SMILES string of the molecule is O=C(O)c1cnc(Cc2nc3ccccc3[nH]2)s1. The first kappa shape index (κ1) is 10.9. The van der Waals surface area contributed by atoms with Crippen LogP contribution in [0.15, 0.2) is 30.5 Å². The number of para-hydroxylation sites is 2. The molecule has 0 aliphatic heterocycles. The molecule has 18 heavy (non-hydrogen) atoms. The summed E-state index contributed by atoms with van der Waals surface area (Å²) in [4.78, 5) is 22.7. The number of aromatic carboxylic acids is 1. The summed E-state index contributed by atoms with van der Waals surface area (Å²) in [5.41, 5.74) is 1.88. The Morgan fingerprint density at radius 2 is 2.22 bits per heavy atom. The molecular weight excluding hydrogens is 250 g/mol. The minimum atomic E-state index is -0.941. The number of nitrogens with zero attached hydrogens (tertiary/aromatic N) is 2. The van der Waals surface area contributed by atoms with Crippen molar-refractivity contribution in [1.82, 2.24) is 15.0 Å². The molecule has 0 saturated heterocycles. The van der Waals surface area contributed by atoms with Crippen molar-refractivity contribution >= 4 is 28.3 Å². The minimum Gasteiger partial charge on any atom is -0.477 e. The second-order valence-corrected chi connectivity index (χ2v) is 4.92. The van der Waals surface area contributed by atoms with Crippen LogP contribution in [0, 0.1) is 0 Å². The molecule has 0 aliphatic rings. The molecule has 0 aliphatic carbocycles. The molecule has 2 aromatic heterocycles. The molecule has 2 N–H and O–H groups in total. The van der Waals surface area contributed by atoms with E-state index in [9.17, 15) is 4.79 Å². The number of aromatic amines is 1. The van der Waals surface area contributed by atoms with Gasteiger partial charge in [0, 0.05) is 0 Å². The molecule has 0 amide bonds. The number of rotatable bonds is 3. The molecule has 6 heteroatoms.